The van der Waals surface area contributed by atoms with Crippen LogP contribution in [0.4, 0.5) is 0 Å². The summed E-state index contributed by atoms with van der Waals surface area (Å²) in [6.45, 7) is 0. The molecule has 2 rings (SSSR count). The Balaban J connectivity index is 1.84. The highest BCUT2D eigenvalue weighted by Crippen LogP contribution is 2.12. The Morgan fingerprint density at radius 1 is 1.00 bits per heavy atom. The second-order valence-electron chi connectivity index (χ2n) is 3.65. The van der Waals surface area contributed by atoms with Gasteiger partial charge in [-0.25, -0.2) is 0 Å². The average molecular weight is 242 g/mol. The van der Waals surface area contributed by atoms with E-state index >= 15 is 0 Å². The zero-order valence-electron chi connectivity index (χ0n) is 9.41. The molecule has 1 N–H and O–H groups in total. The zero-order valence-corrected chi connectivity index (χ0v) is 10.2. The Morgan fingerprint density at radius 3 is 2.47 bits per heavy atom. The molecule has 0 radical (unpaired) electrons. The summed E-state index contributed by atoms with van der Waals surface area (Å²) in [6.07, 6.45) is 9.35. The molecule has 0 unspecified atom stereocenters. The van der Waals surface area contributed by atoms with Gasteiger partial charge in [-0.3, -0.25) is 0 Å². The third kappa shape index (κ3) is 3.93. The second kappa shape index (κ2) is 6.06. The van der Waals surface area contributed by atoms with Gasteiger partial charge in [0.15, 0.2) is 0 Å². The van der Waals surface area contributed by atoms with Gasteiger partial charge in [-0.1, -0.05) is 36.4 Å². The summed E-state index contributed by atoms with van der Waals surface area (Å²) in [4.78, 5) is 1.28. The van der Waals surface area contributed by atoms with Gasteiger partial charge in [-0.15, -0.1) is 11.3 Å². The minimum Gasteiger partial charge on any atom is -0.508 e. The summed E-state index contributed by atoms with van der Waals surface area (Å²) in [6, 6.07) is 11.3. The van der Waals surface area contributed by atoms with Crippen molar-refractivity contribution >= 4 is 23.5 Å². The molecular formula is C15H14OS. The van der Waals surface area contributed by atoms with Crippen LogP contribution in [0.15, 0.2) is 53.9 Å². The molecule has 1 heterocycles. The van der Waals surface area contributed by atoms with Crippen LogP contribution in [0.3, 0.4) is 0 Å². The van der Waals surface area contributed by atoms with Gasteiger partial charge in [-0.2, -0.15) is 0 Å². The molecule has 0 atom stereocenters. The number of thiophene rings is 1. The Kier molecular flexibility index (Phi) is 4.17. The molecular weight excluding hydrogens is 228 g/mol. The lowest BCUT2D eigenvalue weighted by molar-refractivity contribution is 0.475. The summed E-state index contributed by atoms with van der Waals surface area (Å²) < 4.78 is 0. The first-order chi connectivity index (χ1) is 8.34. The maximum atomic E-state index is 9.14. The van der Waals surface area contributed by atoms with E-state index in [1.807, 2.05) is 12.1 Å². The van der Waals surface area contributed by atoms with E-state index in [2.05, 4.69) is 41.8 Å². The van der Waals surface area contributed by atoms with Gasteiger partial charge in [0.25, 0.3) is 0 Å². The molecule has 0 aliphatic carbocycles. The minimum absolute atomic E-state index is 0.305. The molecule has 1 aromatic heterocycles. The summed E-state index contributed by atoms with van der Waals surface area (Å²) in [5, 5.41) is 11.2. The second-order valence-corrected chi connectivity index (χ2v) is 4.63. The molecule has 0 bridgehead atoms. The van der Waals surface area contributed by atoms with Crippen LogP contribution in [-0.2, 0) is 0 Å². The third-order valence-corrected chi connectivity index (χ3v) is 3.14. The predicted octanol–water partition coefficient (Wildman–Crippen LogP) is 4.57. The molecule has 0 saturated carbocycles. The highest BCUT2D eigenvalue weighted by atomic mass is 32.1. The van der Waals surface area contributed by atoms with Gasteiger partial charge >= 0.3 is 0 Å². The number of hydrogen-bond donors (Lipinski definition) is 1. The Labute approximate surface area is 105 Å². The summed E-state index contributed by atoms with van der Waals surface area (Å²) in [5.41, 5.74) is 1.10. The summed E-state index contributed by atoms with van der Waals surface area (Å²) in [7, 11) is 0. The van der Waals surface area contributed by atoms with Gasteiger partial charge in [0.2, 0.25) is 0 Å². The van der Waals surface area contributed by atoms with Crippen molar-refractivity contribution in [3.8, 4) is 5.75 Å². The van der Waals surface area contributed by atoms with Crippen molar-refractivity contribution in [2.45, 2.75) is 6.42 Å². The highest BCUT2D eigenvalue weighted by molar-refractivity contribution is 7.10. The number of phenols is 1. The first-order valence-electron chi connectivity index (χ1n) is 5.50. The lowest BCUT2D eigenvalue weighted by atomic mass is 10.2. The molecule has 0 fully saturated rings. The van der Waals surface area contributed by atoms with Crippen LogP contribution in [-0.4, -0.2) is 5.11 Å². The van der Waals surface area contributed by atoms with Crippen LogP contribution < -0.4 is 0 Å². The number of benzene rings is 1. The number of aromatic hydroxyl groups is 1. The highest BCUT2D eigenvalue weighted by Gasteiger charge is 1.87. The molecule has 1 nitrogen and oxygen atoms in total. The van der Waals surface area contributed by atoms with Crippen molar-refractivity contribution in [3.63, 3.8) is 0 Å². The number of rotatable bonds is 4. The quantitative estimate of drug-likeness (QED) is 0.832. The molecule has 0 spiro atoms. The van der Waals surface area contributed by atoms with Gasteiger partial charge in [-0.05, 0) is 41.6 Å². The fourth-order valence-corrected chi connectivity index (χ4v) is 2.08. The fourth-order valence-electron chi connectivity index (χ4n) is 1.44. The van der Waals surface area contributed by atoms with Crippen LogP contribution in [0.2, 0.25) is 0 Å². The van der Waals surface area contributed by atoms with Crippen molar-refractivity contribution in [1.29, 1.82) is 0 Å². The average Bonchev–Trinajstić information content (AvgIpc) is 2.84. The molecule has 0 amide bonds. The Morgan fingerprint density at radius 2 is 1.76 bits per heavy atom. The topological polar surface area (TPSA) is 20.2 Å². The van der Waals surface area contributed by atoms with Crippen LogP contribution in [0, 0.1) is 0 Å². The first kappa shape index (κ1) is 11.7. The van der Waals surface area contributed by atoms with E-state index in [-0.39, 0.29) is 0 Å². The summed E-state index contributed by atoms with van der Waals surface area (Å²) in [5.74, 6) is 0.305. The van der Waals surface area contributed by atoms with E-state index in [4.69, 9.17) is 5.11 Å². The monoisotopic (exact) mass is 242 g/mol. The molecule has 0 aliphatic heterocycles. The molecule has 17 heavy (non-hydrogen) atoms. The van der Waals surface area contributed by atoms with Gasteiger partial charge in [0, 0.05) is 4.88 Å². The molecule has 0 saturated heterocycles. The third-order valence-electron chi connectivity index (χ3n) is 2.30. The van der Waals surface area contributed by atoms with Crippen molar-refractivity contribution in [2.24, 2.45) is 0 Å². The van der Waals surface area contributed by atoms with E-state index in [1.54, 1.807) is 23.5 Å². The maximum Gasteiger partial charge on any atom is 0.115 e. The lowest BCUT2D eigenvalue weighted by Crippen LogP contribution is -1.69. The van der Waals surface area contributed by atoms with Gasteiger partial charge < -0.3 is 5.11 Å². The van der Waals surface area contributed by atoms with Crippen molar-refractivity contribution in [2.75, 3.05) is 0 Å². The van der Waals surface area contributed by atoms with E-state index in [0.717, 1.165) is 12.0 Å². The first-order valence-corrected chi connectivity index (χ1v) is 6.38. The standard InChI is InChI=1S/C15H14OS/c16-14-10-8-13(9-11-14)5-2-1-3-6-15-7-4-12-17-15/h2-12,16H,1H2. The van der Waals surface area contributed by atoms with Crippen LogP contribution in [0.5, 0.6) is 5.75 Å². The molecule has 2 aromatic rings. The van der Waals surface area contributed by atoms with E-state index in [9.17, 15) is 0 Å². The van der Waals surface area contributed by atoms with E-state index in [0.29, 0.717) is 5.75 Å². The van der Waals surface area contributed by atoms with E-state index in [1.165, 1.54) is 4.88 Å². The largest absolute Gasteiger partial charge is 0.508 e. The number of allylic oxidation sites excluding steroid dienone is 2. The predicted molar refractivity (Wildman–Crippen MR) is 75.1 cm³/mol. The fraction of sp³-hybridized carbons (Fsp3) is 0.0667. The lowest BCUT2D eigenvalue weighted by Gasteiger charge is -1.93. The van der Waals surface area contributed by atoms with Crippen molar-refractivity contribution < 1.29 is 5.11 Å². The van der Waals surface area contributed by atoms with Crippen LogP contribution in [0.25, 0.3) is 12.2 Å². The SMILES string of the molecule is Oc1ccc(C=CCC=Cc2cccs2)cc1. The Bertz CT molecular complexity index is 492. The smallest absolute Gasteiger partial charge is 0.115 e. The molecule has 1 aromatic carbocycles. The van der Waals surface area contributed by atoms with E-state index < -0.39 is 0 Å². The van der Waals surface area contributed by atoms with Crippen LogP contribution in [0.1, 0.15) is 16.9 Å². The zero-order chi connectivity index (χ0) is 11.9. The minimum atomic E-state index is 0.305. The van der Waals surface area contributed by atoms with Crippen molar-refractivity contribution in [3.05, 3.63) is 64.4 Å². The Hall–Kier alpha value is -1.80. The maximum absolute atomic E-state index is 9.14. The van der Waals surface area contributed by atoms with Crippen LogP contribution >= 0.6 is 11.3 Å². The number of phenolic OH excluding ortho intramolecular Hbond substituents is 1. The molecule has 2 heteroatoms. The van der Waals surface area contributed by atoms with Gasteiger partial charge in [0.1, 0.15) is 5.75 Å². The molecule has 86 valence electrons. The summed E-state index contributed by atoms with van der Waals surface area (Å²) >= 11 is 1.74. The van der Waals surface area contributed by atoms with Crippen molar-refractivity contribution in [1.82, 2.24) is 0 Å². The number of hydrogen-bond acceptors (Lipinski definition) is 2. The normalized spacial score (nSPS) is 11.5. The molecule has 0 aliphatic rings. The van der Waals surface area contributed by atoms with Gasteiger partial charge in [0.05, 0.1) is 0 Å².